The Morgan fingerprint density at radius 3 is 2.46 bits per heavy atom. The molecule has 3 rings (SSSR count). The van der Waals surface area contributed by atoms with Gasteiger partial charge in [0.15, 0.2) is 0 Å². The lowest BCUT2D eigenvalue weighted by Gasteiger charge is -2.28. The van der Waals surface area contributed by atoms with E-state index in [1.807, 2.05) is 13.8 Å². The topological polar surface area (TPSA) is 101 Å². The summed E-state index contributed by atoms with van der Waals surface area (Å²) in [6.45, 7) is 4.48. The van der Waals surface area contributed by atoms with Crippen LogP contribution in [0.5, 0.6) is 0 Å². The Bertz CT molecular complexity index is 742. The molecule has 1 aliphatic rings. The van der Waals surface area contributed by atoms with E-state index in [-0.39, 0.29) is 18.4 Å². The lowest BCUT2D eigenvalue weighted by molar-refractivity contribution is -0.150. The van der Waals surface area contributed by atoms with Crippen LogP contribution in [0.25, 0.3) is 5.69 Å². The second-order valence-corrected chi connectivity index (χ2v) is 6.39. The van der Waals surface area contributed by atoms with Gasteiger partial charge < -0.3 is 10.0 Å². The molecule has 1 N–H and O–H groups in total. The zero-order valence-corrected chi connectivity index (χ0v) is 13.6. The summed E-state index contributed by atoms with van der Waals surface area (Å²) < 4.78 is 1.50. The normalized spacial score (nSPS) is 20.5. The molecule has 126 valence electrons. The molecule has 1 atom stereocenters. The van der Waals surface area contributed by atoms with E-state index in [1.54, 1.807) is 29.2 Å². The molecule has 2 heterocycles. The van der Waals surface area contributed by atoms with Crippen LogP contribution >= 0.6 is 0 Å². The highest BCUT2D eigenvalue weighted by molar-refractivity contribution is 5.95. The van der Waals surface area contributed by atoms with Crippen molar-refractivity contribution < 1.29 is 14.7 Å². The van der Waals surface area contributed by atoms with Gasteiger partial charge in [-0.25, -0.2) is 4.68 Å². The van der Waals surface area contributed by atoms with Crippen molar-refractivity contribution in [2.75, 3.05) is 13.1 Å². The van der Waals surface area contributed by atoms with Crippen LogP contribution in [0.4, 0.5) is 0 Å². The number of nitrogens with zero attached hydrogens (tertiary/aromatic N) is 5. The summed E-state index contributed by atoms with van der Waals surface area (Å²) >= 11 is 0. The minimum atomic E-state index is -0.859. The van der Waals surface area contributed by atoms with E-state index in [0.717, 1.165) is 5.69 Å². The molecule has 0 aliphatic carbocycles. The van der Waals surface area contributed by atoms with Gasteiger partial charge in [-0.3, -0.25) is 9.59 Å². The number of carboxylic acids is 1. The molecule has 1 aromatic heterocycles. The maximum atomic E-state index is 12.7. The van der Waals surface area contributed by atoms with E-state index in [9.17, 15) is 14.7 Å². The summed E-state index contributed by atoms with van der Waals surface area (Å²) in [5, 5.41) is 20.5. The molecule has 1 unspecified atom stereocenters. The summed E-state index contributed by atoms with van der Waals surface area (Å²) in [7, 11) is 0. The smallest absolute Gasteiger partial charge is 0.311 e. The first-order chi connectivity index (χ1) is 11.4. The van der Waals surface area contributed by atoms with Crippen LogP contribution in [0.3, 0.4) is 0 Å². The second-order valence-electron chi connectivity index (χ2n) is 6.39. The molecule has 2 aromatic rings. The lowest BCUT2D eigenvalue weighted by atomic mass is 9.76. The number of benzene rings is 1. The summed E-state index contributed by atoms with van der Waals surface area (Å²) in [4.78, 5) is 26.0. The Hall–Kier alpha value is -2.77. The molecule has 0 spiro atoms. The van der Waals surface area contributed by atoms with Gasteiger partial charge in [0.2, 0.25) is 0 Å². The van der Waals surface area contributed by atoms with Gasteiger partial charge >= 0.3 is 5.97 Å². The number of carbonyl (C=O) groups excluding carboxylic acids is 1. The zero-order chi connectivity index (χ0) is 17.3. The van der Waals surface area contributed by atoms with Crippen LogP contribution in [0.1, 0.15) is 30.6 Å². The molecule has 1 saturated heterocycles. The molecule has 0 bridgehead atoms. The van der Waals surface area contributed by atoms with Crippen LogP contribution in [-0.2, 0) is 4.79 Å². The van der Waals surface area contributed by atoms with Crippen LogP contribution in [-0.4, -0.2) is 55.2 Å². The first-order valence-corrected chi connectivity index (χ1v) is 7.80. The fourth-order valence-corrected chi connectivity index (χ4v) is 3.12. The molecule has 1 fully saturated rings. The van der Waals surface area contributed by atoms with Crippen LogP contribution in [0.2, 0.25) is 0 Å². The van der Waals surface area contributed by atoms with Gasteiger partial charge in [0.05, 0.1) is 11.1 Å². The highest BCUT2D eigenvalue weighted by Crippen LogP contribution is 2.38. The summed E-state index contributed by atoms with van der Waals surface area (Å²) in [6, 6.07) is 6.92. The maximum Gasteiger partial charge on any atom is 0.311 e. The monoisotopic (exact) mass is 329 g/mol. The first kappa shape index (κ1) is 16.1. The number of hydrogen-bond acceptors (Lipinski definition) is 5. The number of rotatable bonds is 4. The first-order valence-electron chi connectivity index (χ1n) is 7.80. The van der Waals surface area contributed by atoms with Gasteiger partial charge in [-0.15, -0.1) is 5.10 Å². The number of amides is 1. The molecule has 8 heteroatoms. The van der Waals surface area contributed by atoms with Gasteiger partial charge in [-0.1, -0.05) is 13.8 Å². The zero-order valence-electron chi connectivity index (χ0n) is 13.6. The Morgan fingerprint density at radius 2 is 1.96 bits per heavy atom. The van der Waals surface area contributed by atoms with Crippen LogP contribution in [0.15, 0.2) is 30.6 Å². The van der Waals surface area contributed by atoms with E-state index in [2.05, 4.69) is 15.5 Å². The highest BCUT2D eigenvalue weighted by Gasteiger charge is 2.48. The predicted octanol–water partition coefficient (Wildman–Crippen LogP) is 1.24. The standard InChI is InChI=1S/C16H19N5O3/c1-11(2)16(15(23)24)7-8-20(9-16)14(22)12-3-5-13(6-4-12)21-10-17-18-19-21/h3-6,10-11H,7-9H2,1-2H3,(H,23,24). The van der Waals surface area contributed by atoms with Gasteiger partial charge in [-0.2, -0.15) is 0 Å². The van der Waals surface area contributed by atoms with Gasteiger partial charge in [0.1, 0.15) is 6.33 Å². The number of hydrogen-bond donors (Lipinski definition) is 1. The number of carboxylic acid groups (broad SMARTS) is 1. The minimum absolute atomic E-state index is 0.0324. The number of tetrazole rings is 1. The van der Waals surface area contributed by atoms with E-state index < -0.39 is 11.4 Å². The quantitative estimate of drug-likeness (QED) is 0.905. The Morgan fingerprint density at radius 1 is 1.25 bits per heavy atom. The largest absolute Gasteiger partial charge is 0.481 e. The van der Waals surface area contributed by atoms with Crippen molar-refractivity contribution in [3.63, 3.8) is 0 Å². The summed E-state index contributed by atoms with van der Waals surface area (Å²) in [5.41, 5.74) is 0.416. The van der Waals surface area contributed by atoms with Gasteiger partial charge in [0, 0.05) is 18.7 Å². The Labute approximate surface area is 139 Å². The minimum Gasteiger partial charge on any atom is -0.481 e. The number of aromatic nitrogens is 4. The Kier molecular flexibility index (Phi) is 4.04. The maximum absolute atomic E-state index is 12.7. The molecule has 8 nitrogen and oxygen atoms in total. The van der Waals surface area contributed by atoms with Crippen molar-refractivity contribution in [1.29, 1.82) is 0 Å². The average molecular weight is 329 g/mol. The van der Waals surface area contributed by atoms with Crippen molar-refractivity contribution in [3.05, 3.63) is 36.2 Å². The van der Waals surface area contributed by atoms with E-state index in [4.69, 9.17) is 0 Å². The summed E-state index contributed by atoms with van der Waals surface area (Å²) in [5.74, 6) is -1.01. The van der Waals surface area contributed by atoms with Gasteiger partial charge in [0.25, 0.3) is 5.91 Å². The number of aliphatic carboxylic acids is 1. The van der Waals surface area contributed by atoms with E-state index >= 15 is 0 Å². The number of likely N-dealkylation sites (tertiary alicyclic amines) is 1. The lowest BCUT2D eigenvalue weighted by Crippen LogP contribution is -2.40. The molecule has 1 aromatic carbocycles. The second kappa shape index (κ2) is 6.03. The van der Waals surface area contributed by atoms with Gasteiger partial charge in [-0.05, 0) is 47.0 Å². The fourth-order valence-electron chi connectivity index (χ4n) is 3.12. The van der Waals surface area contributed by atoms with Crippen molar-refractivity contribution in [2.24, 2.45) is 11.3 Å². The molecular weight excluding hydrogens is 310 g/mol. The molecule has 1 aliphatic heterocycles. The van der Waals surface area contributed by atoms with Crippen LogP contribution < -0.4 is 0 Å². The van der Waals surface area contributed by atoms with Crippen molar-refractivity contribution in [2.45, 2.75) is 20.3 Å². The fraction of sp³-hybridized carbons (Fsp3) is 0.438. The third kappa shape index (κ3) is 2.64. The molecule has 1 amide bonds. The Balaban J connectivity index is 1.77. The van der Waals surface area contributed by atoms with Crippen molar-refractivity contribution in [3.8, 4) is 5.69 Å². The van der Waals surface area contributed by atoms with Crippen molar-refractivity contribution >= 4 is 11.9 Å². The van der Waals surface area contributed by atoms with Crippen LogP contribution in [0, 0.1) is 11.3 Å². The third-order valence-corrected chi connectivity index (χ3v) is 4.85. The van der Waals surface area contributed by atoms with Crippen molar-refractivity contribution in [1.82, 2.24) is 25.1 Å². The SMILES string of the molecule is CC(C)C1(C(=O)O)CCN(C(=O)c2ccc(-n3cnnn3)cc2)C1. The average Bonchev–Trinajstić information content (AvgIpc) is 3.24. The molecule has 0 radical (unpaired) electrons. The molecule has 0 saturated carbocycles. The third-order valence-electron chi connectivity index (χ3n) is 4.85. The highest BCUT2D eigenvalue weighted by atomic mass is 16.4. The predicted molar refractivity (Wildman–Crippen MR) is 84.6 cm³/mol. The van der Waals surface area contributed by atoms with E-state index in [0.29, 0.717) is 18.5 Å². The molecular formula is C16H19N5O3. The molecule has 24 heavy (non-hydrogen) atoms. The van der Waals surface area contributed by atoms with E-state index in [1.165, 1.54) is 11.0 Å². The summed E-state index contributed by atoms with van der Waals surface area (Å²) in [6.07, 6.45) is 1.95. The number of carbonyl (C=O) groups is 2.